The second kappa shape index (κ2) is 12.2. The van der Waals surface area contributed by atoms with E-state index in [-0.39, 0.29) is 0 Å². The average molecular weight is 627 g/mol. The molecule has 9 aromatic rings. The van der Waals surface area contributed by atoms with Crippen LogP contribution in [0.4, 0.5) is 0 Å². The van der Waals surface area contributed by atoms with Gasteiger partial charge in [-0.2, -0.15) is 5.10 Å². The second-order valence-electron chi connectivity index (χ2n) is 12.0. The van der Waals surface area contributed by atoms with E-state index in [0.717, 1.165) is 67.0 Å². The third-order valence-corrected chi connectivity index (χ3v) is 9.09. The second-order valence-corrected chi connectivity index (χ2v) is 12.0. The lowest BCUT2D eigenvalue weighted by molar-refractivity contribution is 0.918. The summed E-state index contributed by atoms with van der Waals surface area (Å²) in [5.41, 5.74) is 12.5. The molecule has 3 aromatic heterocycles. The van der Waals surface area contributed by atoms with E-state index in [1.54, 1.807) is 6.20 Å². The van der Waals surface area contributed by atoms with Crippen molar-refractivity contribution in [3.05, 3.63) is 182 Å². The predicted octanol–water partition coefficient (Wildman–Crippen LogP) is 11.3. The van der Waals surface area contributed by atoms with Gasteiger partial charge in [0.2, 0.25) is 0 Å². The van der Waals surface area contributed by atoms with E-state index in [4.69, 9.17) is 10.1 Å². The maximum Gasteiger partial charge on any atom is 0.101 e. The Labute approximate surface area is 284 Å². The van der Waals surface area contributed by atoms with E-state index >= 15 is 0 Å². The summed E-state index contributed by atoms with van der Waals surface area (Å²) in [6.07, 6.45) is 1.80. The summed E-state index contributed by atoms with van der Waals surface area (Å²) in [6.45, 7) is 0. The fourth-order valence-corrected chi connectivity index (χ4v) is 6.88. The van der Waals surface area contributed by atoms with E-state index in [1.165, 1.54) is 16.5 Å². The molecule has 0 atom stereocenters. The van der Waals surface area contributed by atoms with Gasteiger partial charge in [-0.25, -0.2) is 9.67 Å². The first kappa shape index (κ1) is 28.6. The average Bonchev–Trinajstić information content (AvgIpc) is 3.60. The molecule has 0 saturated heterocycles. The number of rotatable bonds is 6. The molecule has 0 spiro atoms. The Kier molecular flexibility index (Phi) is 7.10. The lowest BCUT2D eigenvalue weighted by Crippen LogP contribution is -1.97. The minimum atomic E-state index is 0.855. The van der Waals surface area contributed by atoms with Crippen LogP contribution in [0.15, 0.2) is 182 Å². The zero-order valence-electron chi connectivity index (χ0n) is 26.6. The standard InChI is InChI=1S/C45H30N4/c1-4-15-32(16-5-1)42-41(33-28-26-31(27-29-33)38-24-14-25-40(47-38)39-23-12-13-30-46-39)36-21-10-11-22-37(36)45-43(42)44(34-17-6-2-7-18-34)48-49(45)35-19-8-3-9-20-35/h1-30H. The Morgan fingerprint density at radius 3 is 1.67 bits per heavy atom. The van der Waals surface area contributed by atoms with Crippen molar-refractivity contribution in [2.75, 3.05) is 0 Å². The zero-order valence-corrected chi connectivity index (χ0v) is 26.6. The molecule has 0 aliphatic rings. The molecular weight excluding hydrogens is 597 g/mol. The molecule has 0 fully saturated rings. The summed E-state index contributed by atoms with van der Waals surface area (Å²) in [5.74, 6) is 0. The van der Waals surface area contributed by atoms with Crippen molar-refractivity contribution >= 4 is 21.7 Å². The molecule has 6 aromatic carbocycles. The topological polar surface area (TPSA) is 43.6 Å². The first-order valence-corrected chi connectivity index (χ1v) is 16.5. The molecule has 0 saturated carbocycles. The quantitative estimate of drug-likeness (QED) is 0.184. The molecule has 0 radical (unpaired) electrons. The highest BCUT2D eigenvalue weighted by Crippen LogP contribution is 2.48. The lowest BCUT2D eigenvalue weighted by Gasteiger charge is -2.18. The van der Waals surface area contributed by atoms with Gasteiger partial charge in [0, 0.05) is 33.7 Å². The summed E-state index contributed by atoms with van der Waals surface area (Å²) in [5, 5.41) is 8.85. The van der Waals surface area contributed by atoms with Crippen LogP contribution in [0.5, 0.6) is 0 Å². The molecule has 49 heavy (non-hydrogen) atoms. The van der Waals surface area contributed by atoms with Gasteiger partial charge in [-0.15, -0.1) is 0 Å². The Hall–Kier alpha value is -6.65. The van der Waals surface area contributed by atoms with Crippen LogP contribution in [0.2, 0.25) is 0 Å². The summed E-state index contributed by atoms with van der Waals surface area (Å²) < 4.78 is 2.12. The molecule has 4 nitrogen and oxygen atoms in total. The van der Waals surface area contributed by atoms with E-state index in [0.29, 0.717) is 0 Å². The Bertz CT molecular complexity index is 2560. The highest BCUT2D eigenvalue weighted by Gasteiger charge is 2.25. The summed E-state index contributed by atoms with van der Waals surface area (Å²) in [7, 11) is 0. The Morgan fingerprint density at radius 1 is 0.388 bits per heavy atom. The normalized spacial score (nSPS) is 11.3. The fourth-order valence-electron chi connectivity index (χ4n) is 6.88. The van der Waals surface area contributed by atoms with Crippen LogP contribution in [0, 0.1) is 0 Å². The number of hydrogen-bond acceptors (Lipinski definition) is 3. The number of para-hydroxylation sites is 1. The molecule has 0 N–H and O–H groups in total. The van der Waals surface area contributed by atoms with Gasteiger partial charge in [0.25, 0.3) is 0 Å². The number of nitrogens with zero attached hydrogens (tertiary/aromatic N) is 4. The van der Waals surface area contributed by atoms with Gasteiger partial charge in [0.1, 0.15) is 5.69 Å². The minimum absolute atomic E-state index is 0.855. The largest absolute Gasteiger partial charge is 0.255 e. The molecule has 230 valence electrons. The molecule has 0 aliphatic heterocycles. The minimum Gasteiger partial charge on any atom is -0.255 e. The Balaban J connectivity index is 1.33. The number of aromatic nitrogens is 4. The molecule has 3 heterocycles. The Morgan fingerprint density at radius 2 is 0.959 bits per heavy atom. The van der Waals surface area contributed by atoms with Crippen LogP contribution in [0.3, 0.4) is 0 Å². The maximum atomic E-state index is 5.39. The molecule has 0 bridgehead atoms. The summed E-state index contributed by atoms with van der Waals surface area (Å²) in [6, 6.07) is 61.3. The molecule has 4 heteroatoms. The van der Waals surface area contributed by atoms with Gasteiger partial charge in [0.05, 0.1) is 28.3 Å². The summed E-state index contributed by atoms with van der Waals surface area (Å²) in [4.78, 5) is 9.49. The van der Waals surface area contributed by atoms with E-state index in [2.05, 4.69) is 149 Å². The zero-order chi connectivity index (χ0) is 32.6. The first-order chi connectivity index (χ1) is 24.3. The van der Waals surface area contributed by atoms with Gasteiger partial charge in [-0.05, 0) is 58.5 Å². The van der Waals surface area contributed by atoms with Crippen LogP contribution in [0.25, 0.3) is 83.5 Å². The van der Waals surface area contributed by atoms with Gasteiger partial charge in [-0.1, -0.05) is 140 Å². The number of benzene rings is 6. The molecule has 0 amide bonds. The van der Waals surface area contributed by atoms with Gasteiger partial charge in [-0.3, -0.25) is 4.98 Å². The van der Waals surface area contributed by atoms with Crippen molar-refractivity contribution in [2.24, 2.45) is 0 Å². The van der Waals surface area contributed by atoms with E-state index < -0.39 is 0 Å². The van der Waals surface area contributed by atoms with Crippen molar-refractivity contribution in [3.63, 3.8) is 0 Å². The van der Waals surface area contributed by atoms with Crippen molar-refractivity contribution in [1.29, 1.82) is 0 Å². The van der Waals surface area contributed by atoms with Gasteiger partial charge in [0.15, 0.2) is 0 Å². The monoisotopic (exact) mass is 626 g/mol. The van der Waals surface area contributed by atoms with Crippen LogP contribution >= 0.6 is 0 Å². The lowest BCUT2D eigenvalue weighted by atomic mass is 9.85. The van der Waals surface area contributed by atoms with Crippen molar-refractivity contribution in [1.82, 2.24) is 19.7 Å². The van der Waals surface area contributed by atoms with Crippen LogP contribution < -0.4 is 0 Å². The molecule has 0 aliphatic carbocycles. The van der Waals surface area contributed by atoms with Crippen molar-refractivity contribution in [3.8, 4) is 61.8 Å². The molecule has 0 unspecified atom stereocenters. The molecular formula is C45H30N4. The number of hydrogen-bond donors (Lipinski definition) is 0. The third-order valence-electron chi connectivity index (χ3n) is 9.09. The van der Waals surface area contributed by atoms with Crippen molar-refractivity contribution in [2.45, 2.75) is 0 Å². The number of fused-ring (bicyclic) bond motifs is 3. The highest BCUT2D eigenvalue weighted by atomic mass is 15.3. The van der Waals surface area contributed by atoms with Crippen LogP contribution in [-0.4, -0.2) is 19.7 Å². The first-order valence-electron chi connectivity index (χ1n) is 16.5. The van der Waals surface area contributed by atoms with E-state index in [9.17, 15) is 0 Å². The smallest absolute Gasteiger partial charge is 0.101 e. The van der Waals surface area contributed by atoms with Gasteiger partial charge < -0.3 is 0 Å². The van der Waals surface area contributed by atoms with Crippen LogP contribution in [0.1, 0.15) is 0 Å². The highest BCUT2D eigenvalue weighted by molar-refractivity contribution is 6.24. The van der Waals surface area contributed by atoms with Crippen LogP contribution in [-0.2, 0) is 0 Å². The third kappa shape index (κ3) is 5.07. The summed E-state index contributed by atoms with van der Waals surface area (Å²) >= 11 is 0. The number of pyridine rings is 2. The van der Waals surface area contributed by atoms with E-state index in [1.807, 2.05) is 36.4 Å². The molecule has 9 rings (SSSR count). The SMILES string of the molecule is c1ccc(-c2nn(-c3ccccc3)c3c2c(-c2ccccc2)c(-c2ccc(-c4cccc(-c5ccccn5)n4)cc2)c2ccccc23)cc1. The fraction of sp³-hybridized carbons (Fsp3) is 0. The maximum absolute atomic E-state index is 5.39. The van der Waals surface area contributed by atoms with Crippen molar-refractivity contribution < 1.29 is 0 Å². The predicted molar refractivity (Wildman–Crippen MR) is 201 cm³/mol. The van der Waals surface area contributed by atoms with Gasteiger partial charge >= 0.3 is 0 Å².